The minimum absolute atomic E-state index is 0.0910. The van der Waals surface area contributed by atoms with Crippen molar-refractivity contribution in [1.82, 2.24) is 10.2 Å². The van der Waals surface area contributed by atoms with Crippen LogP contribution < -0.4 is 5.73 Å². The van der Waals surface area contributed by atoms with Crippen LogP contribution in [0.5, 0.6) is 0 Å². The summed E-state index contributed by atoms with van der Waals surface area (Å²) in [6.45, 7) is 12.3. The van der Waals surface area contributed by atoms with Crippen molar-refractivity contribution in [3.63, 3.8) is 0 Å². The lowest BCUT2D eigenvalue weighted by Gasteiger charge is -2.34. The maximum Gasteiger partial charge on any atom is 0.348 e. The lowest BCUT2D eigenvalue weighted by atomic mass is 9.85. The van der Waals surface area contributed by atoms with Gasteiger partial charge in [-0.1, -0.05) is 46.4 Å². The summed E-state index contributed by atoms with van der Waals surface area (Å²) in [7, 11) is 0. The number of nitrogen functional groups attached to an aromatic ring is 1. The molecule has 0 amide bonds. The summed E-state index contributed by atoms with van der Waals surface area (Å²) in [4.78, 5) is 14.1. The Morgan fingerprint density at radius 3 is 2.61 bits per heavy atom. The van der Waals surface area contributed by atoms with E-state index in [1.165, 1.54) is 11.8 Å². The molecule has 0 aliphatic carbocycles. The highest BCUT2D eigenvalue weighted by atomic mass is 32.2. The summed E-state index contributed by atoms with van der Waals surface area (Å²) in [6, 6.07) is 5.88. The van der Waals surface area contributed by atoms with Crippen molar-refractivity contribution in [2.75, 3.05) is 5.73 Å². The molecule has 2 aromatic rings. The predicted octanol–water partition coefficient (Wildman–Crippen LogP) is 5.29. The molecule has 0 saturated carbocycles. The number of rotatable bonds is 6. The quantitative estimate of drug-likeness (QED) is 0.414. The number of nitrogens with zero attached hydrogens (tertiary/aromatic N) is 1. The number of esters is 1. The van der Waals surface area contributed by atoms with Crippen LogP contribution >= 0.6 is 11.8 Å². The summed E-state index contributed by atoms with van der Waals surface area (Å²) in [5, 5.41) is 18.2. The molecule has 1 aliphatic rings. The van der Waals surface area contributed by atoms with Gasteiger partial charge in [-0.05, 0) is 60.4 Å². The zero-order valence-electron chi connectivity index (χ0n) is 19.2. The number of aliphatic hydroxyl groups is 1. The SMILES string of the molecule is Cc1cc(SC2=C(O)C(CCc3ccn[nH]3)C(C(C)C)OC2=O)c(C(C)(C)C)cc1N. The number of H-pyrrole nitrogens is 1. The summed E-state index contributed by atoms with van der Waals surface area (Å²) < 4.78 is 5.84. The molecule has 0 saturated heterocycles. The fourth-order valence-electron chi connectivity index (χ4n) is 3.90. The van der Waals surface area contributed by atoms with Crippen LogP contribution in [0, 0.1) is 18.8 Å². The van der Waals surface area contributed by atoms with E-state index >= 15 is 0 Å². The number of aromatic amines is 1. The number of anilines is 1. The molecule has 168 valence electrons. The first kappa shape index (κ1) is 23.3. The van der Waals surface area contributed by atoms with Crippen LogP contribution in [0.2, 0.25) is 0 Å². The number of cyclic esters (lactones) is 1. The molecule has 31 heavy (non-hydrogen) atoms. The van der Waals surface area contributed by atoms with E-state index < -0.39 is 5.97 Å². The van der Waals surface area contributed by atoms with Crippen LogP contribution in [-0.2, 0) is 21.4 Å². The van der Waals surface area contributed by atoms with E-state index in [-0.39, 0.29) is 34.0 Å². The number of hydrogen-bond acceptors (Lipinski definition) is 6. The number of aliphatic hydroxyl groups excluding tert-OH is 1. The van der Waals surface area contributed by atoms with E-state index in [1.54, 1.807) is 6.20 Å². The number of aromatic nitrogens is 2. The Morgan fingerprint density at radius 2 is 2.03 bits per heavy atom. The average molecular weight is 444 g/mol. The minimum atomic E-state index is -0.465. The van der Waals surface area contributed by atoms with Crippen LogP contribution in [-0.4, -0.2) is 27.4 Å². The highest BCUT2D eigenvalue weighted by Gasteiger charge is 2.40. The van der Waals surface area contributed by atoms with Gasteiger partial charge in [-0.3, -0.25) is 5.10 Å². The second kappa shape index (κ2) is 8.99. The molecule has 0 bridgehead atoms. The summed E-state index contributed by atoms with van der Waals surface area (Å²) in [6.07, 6.45) is 2.71. The topological polar surface area (TPSA) is 101 Å². The molecular weight excluding hydrogens is 410 g/mol. The second-order valence-electron chi connectivity index (χ2n) is 9.61. The Hall–Kier alpha value is -2.41. The van der Waals surface area contributed by atoms with Crippen LogP contribution in [0.1, 0.15) is 57.9 Å². The van der Waals surface area contributed by atoms with Crippen LogP contribution in [0.25, 0.3) is 0 Å². The van der Waals surface area contributed by atoms with Gasteiger partial charge in [-0.2, -0.15) is 5.10 Å². The summed E-state index contributed by atoms with van der Waals surface area (Å²) in [5.74, 6) is -0.521. The lowest BCUT2D eigenvalue weighted by molar-refractivity contribution is -0.152. The van der Waals surface area contributed by atoms with E-state index in [0.717, 1.165) is 27.4 Å². The zero-order valence-corrected chi connectivity index (χ0v) is 20.0. The third-order valence-corrected chi connectivity index (χ3v) is 6.87. The molecule has 4 N–H and O–H groups in total. The van der Waals surface area contributed by atoms with E-state index in [2.05, 4.69) is 31.0 Å². The van der Waals surface area contributed by atoms with Gasteiger partial charge in [-0.15, -0.1) is 0 Å². The van der Waals surface area contributed by atoms with Crippen molar-refractivity contribution in [3.05, 3.63) is 51.9 Å². The Labute approximate surface area is 188 Å². The van der Waals surface area contributed by atoms with Crippen LogP contribution in [0.3, 0.4) is 0 Å². The third kappa shape index (κ3) is 5.09. The van der Waals surface area contributed by atoms with E-state index in [4.69, 9.17) is 10.5 Å². The van der Waals surface area contributed by atoms with E-state index in [1.807, 2.05) is 39.0 Å². The minimum Gasteiger partial charge on any atom is -0.510 e. The molecule has 7 heteroatoms. The standard InChI is InChI=1S/C24H33N3O3S/c1-13(2)21-16(8-7-15-9-10-26-27-15)20(28)22(23(29)30-21)31-19-11-14(3)18(25)12-17(19)24(4,5)6/h9-13,16,21,28H,7-8,25H2,1-6H3,(H,26,27). The molecule has 0 radical (unpaired) electrons. The molecule has 1 aliphatic heterocycles. The second-order valence-corrected chi connectivity index (χ2v) is 10.7. The number of carbonyl (C=O) groups is 1. The number of nitrogens with two attached hydrogens (primary N) is 1. The number of hydrogen-bond donors (Lipinski definition) is 3. The van der Waals surface area contributed by atoms with Gasteiger partial charge in [0.1, 0.15) is 16.8 Å². The Bertz CT molecular complexity index is 975. The molecule has 2 unspecified atom stereocenters. The van der Waals surface area contributed by atoms with Crippen LogP contribution in [0.4, 0.5) is 5.69 Å². The Balaban J connectivity index is 1.99. The molecule has 0 fully saturated rings. The lowest BCUT2D eigenvalue weighted by Crippen LogP contribution is -2.38. The van der Waals surface area contributed by atoms with Gasteiger partial charge in [-0.25, -0.2) is 4.79 Å². The molecule has 3 rings (SSSR count). The largest absolute Gasteiger partial charge is 0.510 e. The molecule has 1 aromatic heterocycles. The number of benzene rings is 1. The number of thioether (sulfide) groups is 1. The van der Waals surface area contributed by atoms with Gasteiger partial charge in [0.25, 0.3) is 0 Å². The van der Waals surface area contributed by atoms with Gasteiger partial charge in [0, 0.05) is 22.5 Å². The van der Waals surface area contributed by atoms with E-state index in [0.29, 0.717) is 12.8 Å². The molecule has 2 atom stereocenters. The molecule has 1 aromatic carbocycles. The van der Waals surface area contributed by atoms with Crippen molar-refractivity contribution in [1.29, 1.82) is 0 Å². The van der Waals surface area contributed by atoms with E-state index in [9.17, 15) is 9.90 Å². The third-order valence-electron chi connectivity index (χ3n) is 5.74. The number of ether oxygens (including phenoxy) is 1. The van der Waals surface area contributed by atoms with Crippen LogP contribution in [0.15, 0.2) is 40.0 Å². The highest BCUT2D eigenvalue weighted by molar-refractivity contribution is 8.04. The fraction of sp³-hybridized carbons (Fsp3) is 0.500. The predicted molar refractivity (Wildman–Crippen MR) is 125 cm³/mol. The first-order valence-corrected chi connectivity index (χ1v) is 11.5. The monoisotopic (exact) mass is 443 g/mol. The molecular formula is C24H33N3O3S. The van der Waals surface area contributed by atoms with Crippen molar-refractivity contribution >= 4 is 23.4 Å². The van der Waals surface area contributed by atoms with Crippen molar-refractivity contribution in [3.8, 4) is 0 Å². The first-order valence-electron chi connectivity index (χ1n) is 10.7. The fourth-order valence-corrected chi connectivity index (χ4v) is 5.22. The van der Waals surface area contributed by atoms with Crippen molar-refractivity contribution in [2.45, 2.75) is 70.8 Å². The number of nitrogens with one attached hydrogen (secondary N) is 1. The number of carbonyl (C=O) groups excluding carboxylic acids is 1. The maximum absolute atomic E-state index is 12.9. The first-order chi connectivity index (χ1) is 14.5. The summed E-state index contributed by atoms with van der Waals surface area (Å²) in [5.41, 5.74) is 9.68. The highest BCUT2D eigenvalue weighted by Crippen LogP contribution is 2.44. The average Bonchev–Trinajstić information content (AvgIpc) is 3.19. The molecule has 6 nitrogen and oxygen atoms in total. The zero-order chi connectivity index (χ0) is 22.9. The molecule has 0 spiro atoms. The van der Waals surface area contributed by atoms with Crippen molar-refractivity contribution in [2.24, 2.45) is 11.8 Å². The van der Waals surface area contributed by atoms with Crippen molar-refractivity contribution < 1.29 is 14.6 Å². The molecule has 2 heterocycles. The van der Waals surface area contributed by atoms with Gasteiger partial charge in [0.2, 0.25) is 0 Å². The smallest absolute Gasteiger partial charge is 0.348 e. The van der Waals surface area contributed by atoms with Gasteiger partial charge < -0.3 is 15.6 Å². The normalized spacial score (nSPS) is 19.8. The maximum atomic E-state index is 12.9. The Kier molecular flexibility index (Phi) is 6.74. The van der Waals surface area contributed by atoms with Gasteiger partial charge in [0.05, 0.1) is 5.92 Å². The number of aryl methyl sites for hydroxylation is 2. The van der Waals surface area contributed by atoms with Gasteiger partial charge >= 0.3 is 5.97 Å². The Morgan fingerprint density at radius 1 is 1.32 bits per heavy atom. The van der Waals surface area contributed by atoms with Gasteiger partial charge in [0.15, 0.2) is 0 Å². The summed E-state index contributed by atoms with van der Waals surface area (Å²) >= 11 is 1.28.